The van der Waals surface area contributed by atoms with E-state index in [9.17, 15) is 9.59 Å². The summed E-state index contributed by atoms with van der Waals surface area (Å²) in [4.78, 5) is 22.5. The molecule has 0 saturated heterocycles. The molecule has 4 nitrogen and oxygen atoms in total. The fraction of sp³-hybridized carbons (Fsp3) is 0.333. The van der Waals surface area contributed by atoms with Crippen molar-refractivity contribution >= 4 is 11.9 Å². The van der Waals surface area contributed by atoms with E-state index in [-0.39, 0.29) is 18.1 Å². The lowest BCUT2D eigenvalue weighted by molar-refractivity contribution is -0.140. The molecule has 1 rings (SSSR count). The second kappa shape index (κ2) is 7.36. The molecule has 19 heavy (non-hydrogen) atoms. The Bertz CT molecular complexity index is 460. The average molecular weight is 262 g/mol. The second-order valence-corrected chi connectivity index (χ2v) is 4.67. The maximum absolute atomic E-state index is 11.6. The number of carboxylic acids is 1. The molecule has 0 aliphatic heterocycles. The standard InChI is InChI=1S/C15H18O4/c1-11(2)8-13(15(17)18)9-14(16)19-10-12-6-4-3-5-7-12/h3-7,9,11H,8,10H2,1-2H3,(H,17,18)/b13-9+. The highest BCUT2D eigenvalue weighted by atomic mass is 16.5. The summed E-state index contributed by atoms with van der Waals surface area (Å²) < 4.78 is 5.01. The van der Waals surface area contributed by atoms with E-state index in [2.05, 4.69) is 0 Å². The third kappa shape index (κ3) is 5.86. The van der Waals surface area contributed by atoms with E-state index in [1.54, 1.807) is 0 Å². The Kier molecular flexibility index (Phi) is 5.79. The summed E-state index contributed by atoms with van der Waals surface area (Å²) in [7, 11) is 0. The van der Waals surface area contributed by atoms with Crippen molar-refractivity contribution in [3.8, 4) is 0 Å². The third-order valence-electron chi connectivity index (χ3n) is 2.42. The van der Waals surface area contributed by atoms with Crippen LogP contribution >= 0.6 is 0 Å². The molecular formula is C15H18O4. The van der Waals surface area contributed by atoms with E-state index in [0.717, 1.165) is 11.6 Å². The SMILES string of the molecule is CC(C)C/C(=C\C(=O)OCc1ccccc1)C(=O)O. The van der Waals surface area contributed by atoms with Gasteiger partial charge < -0.3 is 9.84 Å². The lowest BCUT2D eigenvalue weighted by Gasteiger charge is -2.06. The number of hydrogen-bond acceptors (Lipinski definition) is 3. The van der Waals surface area contributed by atoms with Crippen LogP contribution in [0.1, 0.15) is 25.8 Å². The van der Waals surface area contributed by atoms with Gasteiger partial charge in [-0.3, -0.25) is 0 Å². The van der Waals surface area contributed by atoms with Gasteiger partial charge >= 0.3 is 11.9 Å². The summed E-state index contributed by atoms with van der Waals surface area (Å²) in [5, 5.41) is 8.98. The number of esters is 1. The molecule has 0 aliphatic carbocycles. The number of carbonyl (C=O) groups is 2. The Morgan fingerprint density at radius 2 is 1.89 bits per heavy atom. The van der Waals surface area contributed by atoms with Crippen LogP contribution in [-0.4, -0.2) is 17.0 Å². The summed E-state index contributed by atoms with van der Waals surface area (Å²) in [6, 6.07) is 9.24. The van der Waals surface area contributed by atoms with Crippen LogP contribution in [0.2, 0.25) is 0 Å². The summed E-state index contributed by atoms with van der Waals surface area (Å²) in [6.45, 7) is 3.93. The lowest BCUT2D eigenvalue weighted by atomic mass is 10.0. The topological polar surface area (TPSA) is 63.6 Å². The first-order chi connectivity index (χ1) is 8.99. The van der Waals surface area contributed by atoms with Crippen LogP contribution in [0, 0.1) is 5.92 Å². The number of benzene rings is 1. The number of ether oxygens (including phenoxy) is 1. The molecule has 0 atom stereocenters. The third-order valence-corrected chi connectivity index (χ3v) is 2.42. The number of aliphatic carboxylic acids is 1. The van der Waals surface area contributed by atoms with Crippen molar-refractivity contribution in [1.29, 1.82) is 0 Å². The van der Waals surface area contributed by atoms with Crippen molar-refractivity contribution in [3.05, 3.63) is 47.5 Å². The summed E-state index contributed by atoms with van der Waals surface area (Å²) in [6.07, 6.45) is 1.40. The van der Waals surface area contributed by atoms with E-state index < -0.39 is 11.9 Å². The molecule has 102 valence electrons. The van der Waals surface area contributed by atoms with E-state index in [1.165, 1.54) is 0 Å². The second-order valence-electron chi connectivity index (χ2n) is 4.67. The number of hydrogen-bond donors (Lipinski definition) is 1. The zero-order valence-electron chi connectivity index (χ0n) is 11.1. The molecule has 1 aromatic rings. The van der Waals surface area contributed by atoms with Crippen molar-refractivity contribution in [2.45, 2.75) is 26.9 Å². The molecule has 0 aliphatic rings. The van der Waals surface area contributed by atoms with Gasteiger partial charge in [-0.2, -0.15) is 0 Å². The Labute approximate surface area is 112 Å². The fourth-order valence-corrected chi connectivity index (χ4v) is 1.56. The number of rotatable bonds is 6. The normalized spacial score (nSPS) is 11.4. The van der Waals surface area contributed by atoms with Gasteiger partial charge in [-0.1, -0.05) is 44.2 Å². The number of carboxylic acid groups (broad SMARTS) is 1. The first kappa shape index (κ1) is 15.0. The van der Waals surface area contributed by atoms with Gasteiger partial charge in [-0.05, 0) is 17.9 Å². The highest BCUT2D eigenvalue weighted by molar-refractivity contribution is 5.95. The quantitative estimate of drug-likeness (QED) is 0.632. The van der Waals surface area contributed by atoms with Gasteiger partial charge in [0, 0.05) is 11.6 Å². The molecule has 1 aromatic carbocycles. The van der Waals surface area contributed by atoms with E-state index in [1.807, 2.05) is 44.2 Å². The van der Waals surface area contributed by atoms with E-state index in [0.29, 0.717) is 6.42 Å². The monoisotopic (exact) mass is 262 g/mol. The maximum atomic E-state index is 11.6. The minimum Gasteiger partial charge on any atom is -0.478 e. The smallest absolute Gasteiger partial charge is 0.331 e. The summed E-state index contributed by atoms with van der Waals surface area (Å²) in [5.41, 5.74) is 0.943. The molecule has 0 fully saturated rings. The molecule has 0 unspecified atom stereocenters. The minimum absolute atomic E-state index is 0.0769. The fourth-order valence-electron chi connectivity index (χ4n) is 1.56. The first-order valence-electron chi connectivity index (χ1n) is 6.13. The Morgan fingerprint density at radius 1 is 1.26 bits per heavy atom. The highest BCUT2D eigenvalue weighted by Crippen LogP contribution is 2.11. The number of carbonyl (C=O) groups excluding carboxylic acids is 1. The molecule has 0 saturated carbocycles. The average Bonchev–Trinajstić information content (AvgIpc) is 2.36. The van der Waals surface area contributed by atoms with Gasteiger partial charge in [-0.25, -0.2) is 9.59 Å². The zero-order valence-corrected chi connectivity index (χ0v) is 11.1. The van der Waals surface area contributed by atoms with Gasteiger partial charge in [0.2, 0.25) is 0 Å². The predicted molar refractivity (Wildman–Crippen MR) is 71.4 cm³/mol. The lowest BCUT2D eigenvalue weighted by Crippen LogP contribution is -2.09. The summed E-state index contributed by atoms with van der Waals surface area (Å²) >= 11 is 0. The summed E-state index contributed by atoms with van der Waals surface area (Å²) in [5.74, 6) is -1.53. The molecule has 0 spiro atoms. The van der Waals surface area contributed by atoms with Crippen LogP contribution in [0.4, 0.5) is 0 Å². The van der Waals surface area contributed by atoms with Gasteiger partial charge in [0.25, 0.3) is 0 Å². The maximum Gasteiger partial charge on any atom is 0.331 e. The van der Waals surface area contributed by atoms with Gasteiger partial charge in [0.05, 0.1) is 0 Å². The molecular weight excluding hydrogens is 244 g/mol. The van der Waals surface area contributed by atoms with Gasteiger partial charge in [0.1, 0.15) is 6.61 Å². The van der Waals surface area contributed by atoms with Crippen molar-refractivity contribution in [2.75, 3.05) is 0 Å². The Balaban J connectivity index is 2.59. The largest absolute Gasteiger partial charge is 0.478 e. The molecule has 0 heterocycles. The van der Waals surface area contributed by atoms with Crippen LogP contribution in [0.5, 0.6) is 0 Å². The molecule has 0 amide bonds. The molecule has 1 N–H and O–H groups in total. The minimum atomic E-state index is -1.08. The van der Waals surface area contributed by atoms with Crippen LogP contribution in [-0.2, 0) is 20.9 Å². The van der Waals surface area contributed by atoms with Crippen LogP contribution in [0.3, 0.4) is 0 Å². The van der Waals surface area contributed by atoms with Gasteiger partial charge in [0.15, 0.2) is 0 Å². The molecule has 4 heteroatoms. The van der Waals surface area contributed by atoms with Crippen molar-refractivity contribution in [3.63, 3.8) is 0 Å². The van der Waals surface area contributed by atoms with Crippen molar-refractivity contribution < 1.29 is 19.4 Å². The Hall–Kier alpha value is -2.10. The van der Waals surface area contributed by atoms with Crippen molar-refractivity contribution in [2.24, 2.45) is 5.92 Å². The molecule has 0 bridgehead atoms. The van der Waals surface area contributed by atoms with Crippen LogP contribution in [0.15, 0.2) is 42.0 Å². The van der Waals surface area contributed by atoms with Gasteiger partial charge in [-0.15, -0.1) is 0 Å². The van der Waals surface area contributed by atoms with E-state index in [4.69, 9.17) is 9.84 Å². The van der Waals surface area contributed by atoms with E-state index >= 15 is 0 Å². The predicted octanol–water partition coefficient (Wildman–Crippen LogP) is 2.79. The highest BCUT2D eigenvalue weighted by Gasteiger charge is 2.12. The first-order valence-corrected chi connectivity index (χ1v) is 6.13. The molecule has 0 aromatic heterocycles. The van der Waals surface area contributed by atoms with Crippen LogP contribution < -0.4 is 0 Å². The Morgan fingerprint density at radius 3 is 2.42 bits per heavy atom. The van der Waals surface area contributed by atoms with Crippen molar-refractivity contribution in [1.82, 2.24) is 0 Å². The zero-order chi connectivity index (χ0) is 14.3. The molecule has 0 radical (unpaired) electrons. The van der Waals surface area contributed by atoms with Crippen LogP contribution in [0.25, 0.3) is 0 Å².